The van der Waals surface area contributed by atoms with Gasteiger partial charge < -0.3 is 82.9 Å². The molecule has 0 saturated carbocycles. The highest BCUT2D eigenvalue weighted by molar-refractivity contribution is 7.09. The third kappa shape index (κ3) is 34.4. The minimum absolute atomic E-state index is 0.00493. The number of carbonyl (C=O) groups is 12. The molecule has 1 aliphatic heterocycles. The number of alkyl carbamates (subject to hydrolysis) is 1. The number of nitrogens with one attached hydrogen (secondary N) is 10. The van der Waals surface area contributed by atoms with E-state index in [2.05, 4.69) is 58.2 Å². The van der Waals surface area contributed by atoms with Crippen molar-refractivity contribution in [1.82, 2.24) is 62.6 Å². The van der Waals surface area contributed by atoms with Gasteiger partial charge in [-0.2, -0.15) is 0 Å². The standard InChI is InChI=1S/C42H72N8O7.C42H66N6O8S/c1-26(2)25-34(52)47-31(15-12-13-23-44-33(51)22-21-30(50-42(9,10)11)36(53)41(6,7)8)38(55)49-35(27(3)4)39(56)48-32(16-14-24-45-40(43)57)37(54)46-29-19-17-28(5)18-20-29;1-12-27(5)35(47(9)39(51)34(26(3)4)45-40(52)42(7,8)46-41(53)56-13-2)32(54-10)25-33(49)48-22-17-20-31(48)36(55-11)28(6)37(50)44-30(38-43-21-23-57-38)24-29-18-15-14-16-19-29/h17-20,26-27,30-32,35,50H,12-16,21-25H2,1-11H3,(H,44,51)(H,46,54)(H,47,52)(H,48,56)(H,49,55)(H3,43,45,57);14-16,18-19,21,23,26-28,30-32,34-36H,12-13,17,20,22,24-25H2,1-11H3,(H,44,50)(H,45,52)(H,46,53)/t30-,31+,32+,35+;27-,28+,30-,31-,32+,34-,35-,36+/m10/s1. The number of unbranched alkanes of at least 4 members (excludes halogenated alkanes) is 1. The van der Waals surface area contributed by atoms with Crippen LogP contribution in [0.1, 0.15) is 224 Å². The molecule has 4 rings (SSSR count). The number of ketones is 1. The van der Waals surface area contributed by atoms with Crippen molar-refractivity contribution in [1.29, 1.82) is 0 Å². The van der Waals surface area contributed by atoms with Gasteiger partial charge in [0.1, 0.15) is 34.7 Å². The molecule has 0 radical (unpaired) electrons. The van der Waals surface area contributed by atoms with Gasteiger partial charge in [-0.15, -0.1) is 11.3 Å². The normalized spacial score (nSPS) is 16.0. The molecule has 2 aromatic carbocycles. The molecule has 12 atom stereocenters. The minimum atomic E-state index is -1.36. The molecule has 0 spiro atoms. The lowest BCUT2D eigenvalue weighted by Gasteiger charge is -2.41. The van der Waals surface area contributed by atoms with Crippen molar-refractivity contribution in [3.8, 4) is 0 Å². The topological polar surface area (TPSA) is 398 Å². The first kappa shape index (κ1) is 99.6. The van der Waals surface area contributed by atoms with Gasteiger partial charge in [-0.3, -0.25) is 47.9 Å². The van der Waals surface area contributed by atoms with Gasteiger partial charge in [-0.1, -0.05) is 138 Å². The van der Waals surface area contributed by atoms with Gasteiger partial charge >= 0.3 is 12.1 Å². The van der Waals surface area contributed by atoms with E-state index < -0.39 is 101 Å². The Morgan fingerprint density at radius 1 is 0.675 bits per heavy atom. The highest BCUT2D eigenvalue weighted by Gasteiger charge is 2.45. The number of ether oxygens (including phenoxy) is 3. The van der Waals surface area contributed by atoms with Gasteiger partial charge in [0.15, 0.2) is 5.78 Å². The molecule has 1 aliphatic rings. The van der Waals surface area contributed by atoms with Crippen molar-refractivity contribution in [2.45, 2.75) is 287 Å². The highest BCUT2D eigenvalue weighted by atomic mass is 32.1. The van der Waals surface area contributed by atoms with Crippen LogP contribution in [0.5, 0.6) is 0 Å². The van der Waals surface area contributed by atoms with Crippen LogP contribution in [0.3, 0.4) is 0 Å². The molecular weight excluding hydrogens is 1480 g/mol. The van der Waals surface area contributed by atoms with Gasteiger partial charge in [0.25, 0.3) is 0 Å². The fraction of sp³-hybridized carbons (Fsp3) is 0.679. The van der Waals surface area contributed by atoms with Crippen molar-refractivity contribution in [3.05, 3.63) is 82.3 Å². The second-order valence-corrected chi connectivity index (χ2v) is 34.5. The first-order chi connectivity index (χ1) is 53.4. The number of hydrogen-bond donors (Lipinski definition) is 11. The Balaban J connectivity index is 0.000000590. The number of anilines is 1. The van der Waals surface area contributed by atoms with Crippen LogP contribution in [-0.4, -0.2) is 199 Å². The summed E-state index contributed by atoms with van der Waals surface area (Å²) in [5.74, 6) is -4.54. The maximum absolute atomic E-state index is 14.3. The van der Waals surface area contributed by atoms with Crippen LogP contribution in [0, 0.1) is 41.9 Å². The lowest BCUT2D eigenvalue weighted by atomic mass is 9.84. The molecule has 2 heterocycles. The Morgan fingerprint density at radius 2 is 1.30 bits per heavy atom. The zero-order chi connectivity index (χ0) is 86.0. The van der Waals surface area contributed by atoms with Crippen LogP contribution in [0.15, 0.2) is 66.2 Å². The van der Waals surface area contributed by atoms with Gasteiger partial charge in [-0.05, 0) is 148 Å². The van der Waals surface area contributed by atoms with Crippen LogP contribution in [0.2, 0.25) is 0 Å². The summed E-state index contributed by atoms with van der Waals surface area (Å²) < 4.78 is 17.0. The Hall–Kier alpha value is -8.61. The molecule has 0 bridgehead atoms. The quantitative estimate of drug-likeness (QED) is 0.0235. The second kappa shape index (κ2) is 48.7. The number of hydrogen-bond acceptors (Lipinski definition) is 18. The number of Topliss-reactive ketones (excluding diaryl/α,β-unsaturated/α-hetero) is 1. The van der Waals surface area contributed by atoms with Crippen molar-refractivity contribution < 1.29 is 71.7 Å². The maximum Gasteiger partial charge on any atom is 0.407 e. The SMILES string of the molecule is CCOC(=O)NC(C)(C)C(=O)N[C@H](C(=O)N(C)[C@@H]([C@@H](C)CC)[C@@H](CC(=O)N1CCC[C@H]1[C@H](OC)[C@@H](C)C(=O)N[C@@H](Cc1ccccc1)c1nccs1)OC)C(C)C.Cc1ccc(NC(=O)[C@H](CCCNC(N)=O)NC(=O)[C@@H](NC(=O)[C@H](CCCCNC(=O)CC[C@@H](NC(C)(C)C)C(=O)C(C)(C)C)NC(=O)CC(C)C)C(C)C)cc1. The van der Waals surface area contributed by atoms with Crippen LogP contribution in [0.4, 0.5) is 15.3 Å². The molecule has 29 nitrogen and oxygen atoms in total. The number of primary amides is 1. The average molecular weight is 1620 g/mol. The summed E-state index contributed by atoms with van der Waals surface area (Å²) in [6.07, 6.45) is 4.96. The summed E-state index contributed by atoms with van der Waals surface area (Å²) >= 11 is 1.49. The van der Waals surface area contributed by atoms with E-state index in [4.69, 9.17) is 19.9 Å². The largest absolute Gasteiger partial charge is 0.450 e. The monoisotopic (exact) mass is 1620 g/mol. The summed E-state index contributed by atoms with van der Waals surface area (Å²) in [4.78, 5) is 167. The molecule has 12 amide bonds. The minimum Gasteiger partial charge on any atom is -0.450 e. The fourth-order valence-electron chi connectivity index (χ4n) is 13.6. The number of nitrogens with zero attached hydrogens (tertiary/aromatic N) is 3. The highest BCUT2D eigenvalue weighted by Crippen LogP contribution is 2.32. The van der Waals surface area contributed by atoms with Gasteiger partial charge in [0.05, 0.1) is 55.3 Å². The summed E-state index contributed by atoms with van der Waals surface area (Å²) in [7, 11) is 4.79. The average Bonchev–Trinajstić information content (AvgIpc) is 1.80. The summed E-state index contributed by atoms with van der Waals surface area (Å²) in [6, 6.07) is 10.9. The Labute approximate surface area is 681 Å². The lowest BCUT2D eigenvalue weighted by molar-refractivity contribution is -0.148. The van der Waals surface area contributed by atoms with E-state index in [-0.39, 0.29) is 122 Å². The molecule has 640 valence electrons. The number of carbonyl (C=O) groups excluding carboxylic acids is 12. The van der Waals surface area contributed by atoms with Crippen molar-refractivity contribution in [2.24, 2.45) is 40.7 Å². The summed E-state index contributed by atoms with van der Waals surface area (Å²) in [5.41, 5.74) is 5.60. The van der Waals surface area contributed by atoms with E-state index in [0.717, 1.165) is 22.6 Å². The number of methoxy groups -OCH3 is 2. The summed E-state index contributed by atoms with van der Waals surface area (Å²) in [6.45, 7) is 36.2. The molecule has 0 aliphatic carbocycles. The van der Waals surface area contributed by atoms with E-state index in [9.17, 15) is 57.5 Å². The molecule has 3 aromatic rings. The molecule has 1 fully saturated rings. The van der Waals surface area contributed by atoms with E-state index in [0.29, 0.717) is 63.7 Å². The van der Waals surface area contributed by atoms with Gasteiger partial charge in [0, 0.05) is 82.0 Å². The van der Waals surface area contributed by atoms with Crippen LogP contribution in [0.25, 0.3) is 0 Å². The third-order valence-corrected chi connectivity index (χ3v) is 21.0. The first-order valence-corrected chi connectivity index (χ1v) is 41.3. The van der Waals surface area contributed by atoms with Crippen molar-refractivity contribution in [2.75, 3.05) is 52.8 Å². The predicted molar refractivity (Wildman–Crippen MR) is 444 cm³/mol. The number of urea groups is 1. The number of aromatic nitrogens is 1. The van der Waals surface area contributed by atoms with Crippen LogP contribution in [-0.2, 0) is 68.6 Å². The number of benzene rings is 2. The van der Waals surface area contributed by atoms with E-state index in [1.165, 1.54) is 32.3 Å². The number of amides is 12. The van der Waals surface area contributed by atoms with E-state index >= 15 is 0 Å². The molecule has 0 unspecified atom stereocenters. The predicted octanol–water partition coefficient (Wildman–Crippen LogP) is 9.11. The molecule has 1 aromatic heterocycles. The first-order valence-electron chi connectivity index (χ1n) is 40.4. The van der Waals surface area contributed by atoms with Gasteiger partial charge in [-0.25, -0.2) is 14.6 Å². The number of likely N-dealkylation sites (N-methyl/N-ethyl adjacent to an activating group) is 1. The number of rotatable bonds is 45. The number of likely N-dealkylation sites (tertiary alicyclic amines) is 1. The molecular formula is C84H138N14O15S. The van der Waals surface area contributed by atoms with E-state index in [1.807, 2.05) is 145 Å². The number of thiazole rings is 1. The van der Waals surface area contributed by atoms with Crippen LogP contribution >= 0.6 is 11.3 Å². The zero-order valence-electron chi connectivity index (χ0n) is 72.0. The second-order valence-electron chi connectivity index (χ2n) is 33.6. The maximum atomic E-state index is 14.3. The van der Waals surface area contributed by atoms with Crippen LogP contribution < -0.4 is 58.9 Å². The molecule has 1 saturated heterocycles. The number of nitrogens with two attached hydrogens (primary N) is 1. The fourth-order valence-corrected chi connectivity index (χ4v) is 14.3. The third-order valence-electron chi connectivity index (χ3n) is 20.1. The number of aryl methyl sites for hydroxylation is 1. The molecule has 30 heteroatoms. The lowest BCUT2D eigenvalue weighted by Crippen LogP contribution is -2.62. The Kier molecular flexibility index (Phi) is 42.5. The smallest absolute Gasteiger partial charge is 0.407 e. The summed E-state index contributed by atoms with van der Waals surface area (Å²) in [5, 5.41) is 31.3. The zero-order valence-corrected chi connectivity index (χ0v) is 72.8. The Bertz CT molecular complexity index is 3530. The molecule has 114 heavy (non-hydrogen) atoms. The molecule has 12 N–H and O–H groups in total. The van der Waals surface area contributed by atoms with Gasteiger partial charge in [0.2, 0.25) is 53.2 Å². The van der Waals surface area contributed by atoms with E-state index in [1.54, 1.807) is 63.1 Å². The Morgan fingerprint density at radius 3 is 1.85 bits per heavy atom. The van der Waals surface area contributed by atoms with Crippen molar-refractivity contribution in [3.63, 3.8) is 0 Å². The van der Waals surface area contributed by atoms with Crippen molar-refractivity contribution >= 4 is 88.1 Å².